The van der Waals surface area contributed by atoms with E-state index in [1.54, 1.807) is 0 Å². The van der Waals surface area contributed by atoms with Crippen LogP contribution in [-0.2, 0) is 6.42 Å². The smallest absolute Gasteiger partial charge is 0.0914 e. The highest BCUT2D eigenvalue weighted by Gasteiger charge is 2.21. The summed E-state index contributed by atoms with van der Waals surface area (Å²) in [6, 6.07) is 8.97. The van der Waals surface area contributed by atoms with Crippen molar-refractivity contribution in [3.8, 4) is 0 Å². The van der Waals surface area contributed by atoms with Crippen LogP contribution in [0.3, 0.4) is 0 Å². The first-order valence-corrected chi connectivity index (χ1v) is 8.56. The molecule has 118 valence electrons. The Kier molecular flexibility index (Phi) is 6.25. The summed E-state index contributed by atoms with van der Waals surface area (Å²) in [4.78, 5) is 0. The molecular formula is C19H31NO. The third-order valence-electron chi connectivity index (χ3n) is 4.75. The number of benzene rings is 1. The van der Waals surface area contributed by atoms with E-state index < -0.39 is 6.10 Å². The Bertz CT molecular complexity index is 406. The number of aliphatic hydroxyl groups excluding tert-OH is 1. The van der Waals surface area contributed by atoms with E-state index in [1.807, 2.05) is 0 Å². The van der Waals surface area contributed by atoms with Crippen molar-refractivity contribution >= 4 is 0 Å². The Labute approximate surface area is 130 Å². The molecule has 2 heteroatoms. The topological polar surface area (TPSA) is 32.3 Å². The lowest BCUT2D eigenvalue weighted by atomic mass is 9.98. The molecule has 0 heterocycles. The van der Waals surface area contributed by atoms with Gasteiger partial charge in [0.25, 0.3) is 0 Å². The monoisotopic (exact) mass is 289 g/mol. The highest BCUT2D eigenvalue weighted by Crippen LogP contribution is 2.27. The van der Waals surface area contributed by atoms with Crippen LogP contribution in [0.5, 0.6) is 0 Å². The van der Waals surface area contributed by atoms with E-state index in [1.165, 1.54) is 31.2 Å². The van der Waals surface area contributed by atoms with Gasteiger partial charge in [-0.3, -0.25) is 0 Å². The summed E-state index contributed by atoms with van der Waals surface area (Å²) in [5.41, 5.74) is 2.38. The summed E-state index contributed by atoms with van der Waals surface area (Å²) < 4.78 is 0. The number of rotatable bonds is 7. The second-order valence-electron chi connectivity index (χ2n) is 7.10. The summed E-state index contributed by atoms with van der Waals surface area (Å²) in [5, 5.41) is 13.8. The molecule has 0 radical (unpaired) electrons. The summed E-state index contributed by atoms with van der Waals surface area (Å²) >= 11 is 0. The van der Waals surface area contributed by atoms with Crippen molar-refractivity contribution in [1.82, 2.24) is 5.32 Å². The average molecular weight is 289 g/mol. The molecule has 1 aliphatic carbocycles. The molecule has 2 nitrogen and oxygen atoms in total. The maximum atomic E-state index is 10.3. The highest BCUT2D eigenvalue weighted by atomic mass is 16.3. The van der Waals surface area contributed by atoms with Gasteiger partial charge in [-0.05, 0) is 49.1 Å². The van der Waals surface area contributed by atoms with Gasteiger partial charge in [0.2, 0.25) is 0 Å². The Balaban J connectivity index is 1.80. The van der Waals surface area contributed by atoms with Crippen molar-refractivity contribution in [3.63, 3.8) is 0 Å². The first-order valence-electron chi connectivity index (χ1n) is 8.56. The van der Waals surface area contributed by atoms with Crippen LogP contribution in [0.4, 0.5) is 0 Å². The van der Waals surface area contributed by atoms with E-state index in [0.717, 1.165) is 17.9 Å². The second kappa shape index (κ2) is 7.95. The molecule has 0 bridgehead atoms. The van der Waals surface area contributed by atoms with Crippen molar-refractivity contribution in [2.24, 2.45) is 11.8 Å². The van der Waals surface area contributed by atoms with Crippen LogP contribution in [0.25, 0.3) is 0 Å². The van der Waals surface area contributed by atoms with E-state index in [2.05, 4.69) is 50.4 Å². The maximum absolute atomic E-state index is 10.3. The molecule has 1 fully saturated rings. The lowest BCUT2D eigenvalue weighted by Crippen LogP contribution is -2.35. The number of hydrogen-bond acceptors (Lipinski definition) is 2. The first-order chi connectivity index (χ1) is 10.1. The second-order valence-corrected chi connectivity index (χ2v) is 7.10. The van der Waals surface area contributed by atoms with Gasteiger partial charge in [-0.2, -0.15) is 0 Å². The molecule has 1 aromatic rings. The zero-order chi connectivity index (χ0) is 15.2. The molecule has 0 aliphatic heterocycles. The van der Waals surface area contributed by atoms with Crippen molar-refractivity contribution in [2.75, 3.05) is 6.54 Å². The van der Waals surface area contributed by atoms with E-state index in [9.17, 15) is 5.11 Å². The molecule has 2 N–H and O–H groups in total. The highest BCUT2D eigenvalue weighted by molar-refractivity contribution is 5.24. The van der Waals surface area contributed by atoms with Gasteiger partial charge in [0.1, 0.15) is 0 Å². The lowest BCUT2D eigenvalue weighted by molar-refractivity contribution is 0.165. The molecule has 0 aromatic heterocycles. The van der Waals surface area contributed by atoms with Crippen LogP contribution in [0.2, 0.25) is 0 Å². The maximum Gasteiger partial charge on any atom is 0.0914 e. The van der Waals surface area contributed by atoms with Gasteiger partial charge in [-0.1, -0.05) is 51.0 Å². The lowest BCUT2D eigenvalue weighted by Gasteiger charge is -2.22. The number of aliphatic hydroxyl groups is 1. The van der Waals surface area contributed by atoms with Gasteiger partial charge in [0.05, 0.1) is 6.10 Å². The Morgan fingerprint density at radius 3 is 2.29 bits per heavy atom. The van der Waals surface area contributed by atoms with Crippen molar-refractivity contribution in [3.05, 3.63) is 35.4 Å². The predicted molar refractivity (Wildman–Crippen MR) is 89.4 cm³/mol. The number of hydrogen-bond donors (Lipinski definition) is 2. The third kappa shape index (κ3) is 5.12. The SMILES string of the molecule is CC(C)Cc1ccc(C(O)CN[C@H](C)C2CCCC2)cc1. The molecule has 1 saturated carbocycles. The molecule has 1 aromatic carbocycles. The van der Waals surface area contributed by atoms with Crippen molar-refractivity contribution in [2.45, 2.75) is 65.0 Å². The zero-order valence-electron chi connectivity index (χ0n) is 13.8. The van der Waals surface area contributed by atoms with E-state index in [0.29, 0.717) is 18.5 Å². The largest absolute Gasteiger partial charge is 0.387 e. The van der Waals surface area contributed by atoms with Gasteiger partial charge < -0.3 is 10.4 Å². The van der Waals surface area contributed by atoms with Crippen LogP contribution in [0.1, 0.15) is 63.7 Å². The Morgan fingerprint density at radius 2 is 1.71 bits per heavy atom. The molecule has 0 saturated heterocycles. The average Bonchev–Trinajstić information content (AvgIpc) is 2.99. The Morgan fingerprint density at radius 1 is 1.10 bits per heavy atom. The zero-order valence-corrected chi connectivity index (χ0v) is 13.8. The first kappa shape index (κ1) is 16.5. The summed E-state index contributed by atoms with van der Waals surface area (Å²) in [7, 11) is 0. The molecule has 1 aliphatic rings. The summed E-state index contributed by atoms with van der Waals surface area (Å²) in [6.07, 6.45) is 6.13. The normalized spacial score (nSPS) is 19.1. The molecular weight excluding hydrogens is 258 g/mol. The van der Waals surface area contributed by atoms with Crippen LogP contribution in [0.15, 0.2) is 24.3 Å². The van der Waals surface area contributed by atoms with E-state index >= 15 is 0 Å². The third-order valence-corrected chi connectivity index (χ3v) is 4.75. The minimum absolute atomic E-state index is 0.401. The molecule has 0 spiro atoms. The molecule has 1 unspecified atom stereocenters. The summed E-state index contributed by atoms with van der Waals surface area (Å²) in [6.45, 7) is 7.38. The van der Waals surface area contributed by atoms with Gasteiger partial charge >= 0.3 is 0 Å². The fourth-order valence-electron chi connectivity index (χ4n) is 3.39. The fraction of sp³-hybridized carbons (Fsp3) is 0.684. The quantitative estimate of drug-likeness (QED) is 0.792. The molecule has 2 rings (SSSR count). The van der Waals surface area contributed by atoms with E-state index in [-0.39, 0.29) is 0 Å². The van der Waals surface area contributed by atoms with Crippen LogP contribution in [0, 0.1) is 11.8 Å². The van der Waals surface area contributed by atoms with Crippen LogP contribution in [-0.4, -0.2) is 17.7 Å². The predicted octanol–water partition coefficient (Wildman–Crippen LogP) is 4.09. The van der Waals surface area contributed by atoms with Crippen molar-refractivity contribution < 1.29 is 5.11 Å². The van der Waals surface area contributed by atoms with Gasteiger partial charge in [0.15, 0.2) is 0 Å². The standard InChI is InChI=1S/C19H31NO/c1-14(2)12-16-8-10-18(11-9-16)19(21)13-20-15(3)17-6-4-5-7-17/h8-11,14-15,17,19-21H,4-7,12-13H2,1-3H3/t15-,19?/m1/s1. The Hall–Kier alpha value is -0.860. The molecule has 21 heavy (non-hydrogen) atoms. The molecule has 0 amide bonds. The minimum Gasteiger partial charge on any atom is -0.387 e. The van der Waals surface area contributed by atoms with E-state index in [4.69, 9.17) is 0 Å². The van der Waals surface area contributed by atoms with Crippen LogP contribution < -0.4 is 5.32 Å². The molecule has 2 atom stereocenters. The summed E-state index contributed by atoms with van der Waals surface area (Å²) in [5.74, 6) is 1.47. The minimum atomic E-state index is -0.401. The van der Waals surface area contributed by atoms with Crippen molar-refractivity contribution in [1.29, 1.82) is 0 Å². The number of nitrogens with one attached hydrogen (secondary N) is 1. The van der Waals surface area contributed by atoms with Gasteiger partial charge in [-0.25, -0.2) is 0 Å². The van der Waals surface area contributed by atoms with Crippen LogP contribution >= 0.6 is 0 Å². The van der Waals surface area contributed by atoms with Gasteiger partial charge in [0, 0.05) is 12.6 Å². The fourth-order valence-corrected chi connectivity index (χ4v) is 3.39. The van der Waals surface area contributed by atoms with Gasteiger partial charge in [-0.15, -0.1) is 0 Å².